The van der Waals surface area contributed by atoms with Crippen LogP contribution in [0.2, 0.25) is 0 Å². The fraction of sp³-hybridized carbons (Fsp3) is 0.250. The summed E-state index contributed by atoms with van der Waals surface area (Å²) in [6.07, 6.45) is 0. The lowest BCUT2D eigenvalue weighted by molar-refractivity contribution is -0.131. The van der Waals surface area contributed by atoms with Gasteiger partial charge in [0.25, 0.3) is 5.78 Å². The van der Waals surface area contributed by atoms with Crippen LogP contribution < -0.4 is 10.2 Å². The SMILES string of the molecule is O=C(O)C(=O)c1cccc(N2CCNCC2=O)c1. The third kappa shape index (κ3) is 2.38. The van der Waals surface area contributed by atoms with Gasteiger partial charge < -0.3 is 15.3 Å². The number of nitrogens with zero attached hydrogens (tertiary/aromatic N) is 1. The second-order valence-corrected chi connectivity index (χ2v) is 3.91. The monoisotopic (exact) mass is 248 g/mol. The number of anilines is 1. The molecule has 1 amide bonds. The highest BCUT2D eigenvalue weighted by atomic mass is 16.4. The molecule has 94 valence electrons. The molecule has 0 spiro atoms. The van der Waals surface area contributed by atoms with Gasteiger partial charge in [0, 0.05) is 24.3 Å². The average Bonchev–Trinajstić information content (AvgIpc) is 2.38. The number of aliphatic carboxylic acids is 1. The maximum absolute atomic E-state index is 11.7. The lowest BCUT2D eigenvalue weighted by Crippen LogP contribution is -2.48. The molecule has 0 aliphatic carbocycles. The Morgan fingerprint density at radius 3 is 2.78 bits per heavy atom. The summed E-state index contributed by atoms with van der Waals surface area (Å²) in [6.45, 7) is 1.42. The van der Waals surface area contributed by atoms with Crippen LogP contribution in [-0.4, -0.2) is 42.4 Å². The molecule has 1 saturated heterocycles. The van der Waals surface area contributed by atoms with Crippen LogP contribution in [0.25, 0.3) is 0 Å². The standard InChI is InChI=1S/C12H12N2O4/c15-10-7-13-4-5-14(10)9-3-1-2-8(6-9)11(16)12(17)18/h1-3,6,13H,4-5,7H2,(H,17,18). The summed E-state index contributed by atoms with van der Waals surface area (Å²) < 4.78 is 0. The van der Waals surface area contributed by atoms with Crippen molar-refractivity contribution in [2.75, 3.05) is 24.5 Å². The van der Waals surface area contributed by atoms with Crippen LogP contribution in [0.15, 0.2) is 24.3 Å². The summed E-state index contributed by atoms with van der Waals surface area (Å²) in [4.78, 5) is 35.2. The zero-order valence-corrected chi connectivity index (χ0v) is 9.55. The smallest absolute Gasteiger partial charge is 0.377 e. The molecule has 1 fully saturated rings. The second-order valence-electron chi connectivity index (χ2n) is 3.91. The molecular weight excluding hydrogens is 236 g/mol. The molecule has 2 N–H and O–H groups in total. The van der Waals surface area contributed by atoms with Crippen molar-refractivity contribution in [3.8, 4) is 0 Å². The summed E-state index contributed by atoms with van der Waals surface area (Å²) >= 11 is 0. The first-order chi connectivity index (χ1) is 8.59. The van der Waals surface area contributed by atoms with E-state index in [1.54, 1.807) is 12.1 Å². The minimum atomic E-state index is -1.50. The van der Waals surface area contributed by atoms with Gasteiger partial charge in [-0.15, -0.1) is 0 Å². The number of ketones is 1. The first kappa shape index (κ1) is 12.3. The fourth-order valence-electron chi connectivity index (χ4n) is 1.82. The molecule has 1 heterocycles. The Bertz CT molecular complexity index is 513. The van der Waals surface area contributed by atoms with Crippen LogP contribution in [0, 0.1) is 0 Å². The van der Waals surface area contributed by atoms with Gasteiger partial charge in [-0.25, -0.2) is 4.79 Å². The Kier molecular flexibility index (Phi) is 3.38. The predicted molar refractivity (Wildman–Crippen MR) is 63.6 cm³/mol. The molecular formula is C12H12N2O4. The van der Waals surface area contributed by atoms with E-state index in [4.69, 9.17) is 5.11 Å². The summed E-state index contributed by atoms with van der Waals surface area (Å²) in [5, 5.41) is 11.6. The van der Waals surface area contributed by atoms with E-state index in [-0.39, 0.29) is 18.0 Å². The Morgan fingerprint density at radius 2 is 2.11 bits per heavy atom. The third-order valence-corrected chi connectivity index (χ3v) is 2.70. The lowest BCUT2D eigenvalue weighted by Gasteiger charge is -2.27. The van der Waals surface area contributed by atoms with Crippen LogP contribution in [0.5, 0.6) is 0 Å². The highest BCUT2D eigenvalue weighted by Crippen LogP contribution is 2.17. The quantitative estimate of drug-likeness (QED) is 0.575. The molecule has 0 bridgehead atoms. The Morgan fingerprint density at radius 1 is 1.33 bits per heavy atom. The number of Topliss-reactive ketones (excluding diaryl/α,β-unsaturated/α-hetero) is 1. The second kappa shape index (κ2) is 4.97. The summed E-state index contributed by atoms with van der Waals surface area (Å²) in [5.74, 6) is -2.57. The number of amides is 1. The minimum absolute atomic E-state index is 0.0753. The van der Waals surface area contributed by atoms with E-state index >= 15 is 0 Å². The first-order valence-corrected chi connectivity index (χ1v) is 5.48. The van der Waals surface area contributed by atoms with E-state index in [1.165, 1.54) is 17.0 Å². The molecule has 1 aromatic rings. The fourth-order valence-corrected chi connectivity index (χ4v) is 1.82. The van der Waals surface area contributed by atoms with E-state index in [1.807, 2.05) is 0 Å². The van der Waals surface area contributed by atoms with Crippen molar-refractivity contribution in [2.45, 2.75) is 0 Å². The molecule has 18 heavy (non-hydrogen) atoms. The topological polar surface area (TPSA) is 86.7 Å². The van der Waals surface area contributed by atoms with Crippen molar-refractivity contribution < 1.29 is 19.5 Å². The maximum atomic E-state index is 11.7. The molecule has 0 aromatic heterocycles. The van der Waals surface area contributed by atoms with Gasteiger partial charge in [0.15, 0.2) is 0 Å². The molecule has 0 saturated carbocycles. The van der Waals surface area contributed by atoms with Gasteiger partial charge in [0.1, 0.15) is 0 Å². The Hall–Kier alpha value is -2.21. The van der Waals surface area contributed by atoms with Gasteiger partial charge in [-0.2, -0.15) is 0 Å². The molecule has 1 aromatic carbocycles. The van der Waals surface area contributed by atoms with E-state index < -0.39 is 11.8 Å². The number of rotatable bonds is 3. The van der Waals surface area contributed by atoms with Gasteiger partial charge in [0.2, 0.25) is 5.91 Å². The minimum Gasteiger partial charge on any atom is -0.475 e. The van der Waals surface area contributed by atoms with Crippen molar-refractivity contribution >= 4 is 23.3 Å². The van der Waals surface area contributed by atoms with E-state index in [0.29, 0.717) is 18.8 Å². The van der Waals surface area contributed by atoms with Gasteiger partial charge in [0.05, 0.1) is 6.54 Å². The molecule has 0 atom stereocenters. The summed E-state index contributed by atoms with van der Waals surface area (Å²) in [5.41, 5.74) is 0.625. The zero-order valence-electron chi connectivity index (χ0n) is 9.55. The maximum Gasteiger partial charge on any atom is 0.377 e. The molecule has 0 radical (unpaired) electrons. The largest absolute Gasteiger partial charge is 0.475 e. The number of hydrogen-bond acceptors (Lipinski definition) is 4. The molecule has 6 heteroatoms. The number of piperazine rings is 1. The zero-order chi connectivity index (χ0) is 13.1. The molecule has 2 rings (SSSR count). The normalized spacial score (nSPS) is 15.6. The molecule has 1 aliphatic heterocycles. The average molecular weight is 248 g/mol. The van der Waals surface area contributed by atoms with E-state index in [9.17, 15) is 14.4 Å². The lowest BCUT2D eigenvalue weighted by atomic mass is 10.1. The summed E-state index contributed by atoms with van der Waals surface area (Å²) in [6, 6.07) is 6.11. The van der Waals surface area contributed by atoms with Crippen molar-refractivity contribution in [1.82, 2.24) is 5.32 Å². The number of carbonyl (C=O) groups excluding carboxylic acids is 2. The van der Waals surface area contributed by atoms with Crippen molar-refractivity contribution in [1.29, 1.82) is 0 Å². The van der Waals surface area contributed by atoms with Crippen molar-refractivity contribution in [3.05, 3.63) is 29.8 Å². The van der Waals surface area contributed by atoms with Crippen LogP contribution in [0.3, 0.4) is 0 Å². The van der Waals surface area contributed by atoms with Gasteiger partial charge in [-0.05, 0) is 12.1 Å². The van der Waals surface area contributed by atoms with Gasteiger partial charge in [-0.1, -0.05) is 12.1 Å². The number of carboxylic acid groups (broad SMARTS) is 1. The van der Waals surface area contributed by atoms with Gasteiger partial charge >= 0.3 is 5.97 Å². The third-order valence-electron chi connectivity index (χ3n) is 2.70. The number of carboxylic acids is 1. The van der Waals surface area contributed by atoms with E-state index in [2.05, 4.69) is 5.32 Å². The van der Waals surface area contributed by atoms with E-state index in [0.717, 1.165) is 0 Å². The number of benzene rings is 1. The van der Waals surface area contributed by atoms with Crippen LogP contribution in [-0.2, 0) is 9.59 Å². The first-order valence-electron chi connectivity index (χ1n) is 5.48. The molecule has 6 nitrogen and oxygen atoms in total. The highest BCUT2D eigenvalue weighted by molar-refractivity contribution is 6.40. The Labute approximate surface area is 103 Å². The van der Waals surface area contributed by atoms with Crippen LogP contribution >= 0.6 is 0 Å². The molecule has 1 aliphatic rings. The number of carbonyl (C=O) groups is 3. The van der Waals surface area contributed by atoms with Gasteiger partial charge in [-0.3, -0.25) is 9.59 Å². The summed E-state index contributed by atoms with van der Waals surface area (Å²) in [7, 11) is 0. The van der Waals surface area contributed by atoms with Crippen molar-refractivity contribution in [2.24, 2.45) is 0 Å². The number of hydrogen-bond donors (Lipinski definition) is 2. The highest BCUT2D eigenvalue weighted by Gasteiger charge is 2.21. The van der Waals surface area contributed by atoms with Crippen LogP contribution in [0.1, 0.15) is 10.4 Å². The van der Waals surface area contributed by atoms with Crippen LogP contribution in [0.4, 0.5) is 5.69 Å². The number of nitrogens with one attached hydrogen (secondary N) is 1. The molecule has 0 unspecified atom stereocenters. The Balaban J connectivity index is 2.29. The van der Waals surface area contributed by atoms with Crippen molar-refractivity contribution in [3.63, 3.8) is 0 Å². The predicted octanol–water partition coefficient (Wildman–Crippen LogP) is -0.110.